The Kier molecular flexibility index (Phi) is 10.5. The van der Waals surface area contributed by atoms with Gasteiger partial charge in [-0.3, -0.25) is 13.8 Å². The van der Waals surface area contributed by atoms with Crippen molar-refractivity contribution in [3.05, 3.63) is 109 Å². The largest absolute Gasteiger partial charge is 0.505 e. The Balaban J connectivity index is 1.28. The zero-order chi connectivity index (χ0) is 40.4. The van der Waals surface area contributed by atoms with Crippen molar-refractivity contribution in [3.63, 3.8) is 0 Å². The number of azo groups is 3. The normalized spacial score (nSPS) is 12.6. The molecule has 0 aliphatic rings. The summed E-state index contributed by atoms with van der Waals surface area (Å²) in [5, 5.41) is 34.1. The number of phenolic OH excluding ortho intramolecular Hbond substituents is 1. The van der Waals surface area contributed by atoms with Crippen LogP contribution < -0.4 is 21.9 Å². The van der Waals surface area contributed by atoms with Gasteiger partial charge in [-0.05, 0) is 96.4 Å². The lowest BCUT2D eigenvalue weighted by atomic mass is 10.1. The Morgan fingerprint density at radius 3 is 1.64 bits per heavy atom. The summed E-state index contributed by atoms with van der Waals surface area (Å²) in [6, 6.07) is 25.1. The van der Waals surface area contributed by atoms with Gasteiger partial charge in [0.2, 0.25) is 0 Å². The third kappa shape index (κ3) is 8.59. The molecule has 10 N–H and O–H groups in total. The highest BCUT2D eigenvalue weighted by Crippen LogP contribution is 2.48. The summed E-state index contributed by atoms with van der Waals surface area (Å²) in [7, 11) is -14.3. The Bertz CT molecular complexity index is 2930. The second-order valence-electron chi connectivity index (χ2n) is 11.7. The maximum Gasteiger partial charge on any atom is 0.296 e. The highest BCUT2D eigenvalue weighted by Gasteiger charge is 2.28. The number of fused-ring (bicyclic) bond motifs is 1. The number of anilines is 4. The van der Waals surface area contributed by atoms with Crippen molar-refractivity contribution in [3.8, 4) is 5.75 Å². The Hall–Kier alpha value is -6.85. The van der Waals surface area contributed by atoms with Crippen molar-refractivity contribution >= 4 is 97.9 Å². The summed E-state index contributed by atoms with van der Waals surface area (Å²) < 4.78 is 98.0. The van der Waals surface area contributed by atoms with E-state index in [-0.39, 0.29) is 32.7 Å². The molecule has 0 unspecified atom stereocenters. The second-order valence-corrected chi connectivity index (χ2v) is 16.1. The third-order valence-electron chi connectivity index (χ3n) is 7.75. The van der Waals surface area contributed by atoms with E-state index in [0.717, 1.165) is 12.1 Å². The van der Waals surface area contributed by atoms with Gasteiger partial charge in [0, 0.05) is 11.4 Å². The zero-order valence-corrected chi connectivity index (χ0v) is 30.8. The van der Waals surface area contributed by atoms with Crippen LogP contribution in [0.5, 0.6) is 5.75 Å². The van der Waals surface area contributed by atoms with Gasteiger partial charge in [-0.2, -0.15) is 32.2 Å². The predicted octanol–water partition coefficient (Wildman–Crippen LogP) is 7.83. The topological polar surface area (TPSA) is 327 Å². The fourth-order valence-corrected chi connectivity index (χ4v) is 7.48. The van der Waals surface area contributed by atoms with E-state index in [1.807, 2.05) is 0 Å². The number of benzene rings is 6. The molecule has 0 saturated carbocycles. The minimum absolute atomic E-state index is 0.00415. The van der Waals surface area contributed by atoms with Crippen LogP contribution >= 0.6 is 0 Å². The van der Waals surface area contributed by atoms with Gasteiger partial charge in [-0.25, -0.2) is 8.42 Å². The molecule has 0 heterocycles. The molecule has 0 fully saturated rings. The first kappa shape index (κ1) is 38.9. The fourth-order valence-electron chi connectivity index (χ4n) is 5.09. The van der Waals surface area contributed by atoms with Crippen molar-refractivity contribution in [2.24, 2.45) is 30.7 Å². The van der Waals surface area contributed by atoms with E-state index in [2.05, 4.69) is 35.4 Å². The van der Waals surface area contributed by atoms with Crippen molar-refractivity contribution in [1.82, 2.24) is 0 Å². The van der Waals surface area contributed by atoms with Crippen molar-refractivity contribution in [2.75, 3.05) is 21.9 Å². The minimum Gasteiger partial charge on any atom is -0.505 e. The zero-order valence-electron chi connectivity index (χ0n) is 28.3. The molecule has 0 spiro atoms. The molecule has 0 aliphatic carbocycles. The molecule has 0 saturated heterocycles. The van der Waals surface area contributed by atoms with Crippen LogP contribution in [-0.4, -0.2) is 39.5 Å². The number of nitrogens with zero attached hydrogens (tertiary/aromatic N) is 6. The van der Waals surface area contributed by atoms with Crippen LogP contribution in [-0.2, 0) is 30.3 Å². The number of rotatable bonds is 11. The summed E-state index contributed by atoms with van der Waals surface area (Å²) >= 11 is 0. The van der Waals surface area contributed by atoms with Crippen LogP contribution in [0.15, 0.2) is 155 Å². The summed E-state index contributed by atoms with van der Waals surface area (Å²) in [5.74, 6) is -0.921. The summed E-state index contributed by atoms with van der Waals surface area (Å²) in [5.41, 5.74) is 17.9. The molecule has 6 aromatic carbocycles. The number of nitrogens with one attached hydrogen (secondary N) is 1. The molecule has 6 rings (SSSR count). The Labute approximate surface area is 318 Å². The van der Waals surface area contributed by atoms with Crippen LogP contribution in [0.4, 0.5) is 56.9 Å². The number of nitrogens with two attached hydrogens (primary N) is 3. The molecule has 0 radical (unpaired) electrons. The summed E-state index contributed by atoms with van der Waals surface area (Å²) in [6.07, 6.45) is 0. The molecule has 0 bridgehead atoms. The lowest BCUT2D eigenvalue weighted by molar-refractivity contribution is 0.472. The first-order valence-corrected chi connectivity index (χ1v) is 20.0. The van der Waals surface area contributed by atoms with E-state index in [9.17, 15) is 39.5 Å². The van der Waals surface area contributed by atoms with E-state index in [4.69, 9.17) is 17.2 Å². The lowest BCUT2D eigenvalue weighted by Crippen LogP contribution is -2.12. The first-order valence-electron chi connectivity index (χ1n) is 15.7. The number of hydrogen-bond acceptors (Lipinski definition) is 16. The van der Waals surface area contributed by atoms with E-state index in [1.165, 1.54) is 60.7 Å². The van der Waals surface area contributed by atoms with Crippen molar-refractivity contribution < 1.29 is 39.5 Å². The number of phenols is 1. The molecule has 22 heteroatoms. The van der Waals surface area contributed by atoms with E-state index in [1.54, 1.807) is 36.4 Å². The highest BCUT2D eigenvalue weighted by molar-refractivity contribution is 7.92. The van der Waals surface area contributed by atoms with Gasteiger partial charge in [0.05, 0.1) is 38.7 Å². The van der Waals surface area contributed by atoms with Gasteiger partial charge in [0.1, 0.15) is 26.9 Å². The average Bonchev–Trinajstić information content (AvgIpc) is 3.13. The molecule has 0 atom stereocenters. The Morgan fingerprint density at radius 2 is 1.07 bits per heavy atom. The van der Waals surface area contributed by atoms with Gasteiger partial charge in [-0.1, -0.05) is 18.2 Å². The minimum atomic E-state index is -5.12. The van der Waals surface area contributed by atoms with Crippen LogP contribution in [0.25, 0.3) is 10.8 Å². The highest BCUT2D eigenvalue weighted by atomic mass is 32.2. The molecular weight excluding hydrogens is 789 g/mol. The maximum atomic E-state index is 13.1. The molecule has 286 valence electrons. The summed E-state index contributed by atoms with van der Waals surface area (Å²) in [6.45, 7) is 0. The SMILES string of the molecule is Nc1ccc(N=Nc2ccc(NS(=O)(=O)c3ccc(N=Nc4c(S(=O)(=O)O)cc5cc(S(=O)(=O)O)c(N=Nc6ccccc6)c(O)c5c4N)cc3)cc2)c(N)c1. The molecular formula is C34H28N10O9S3. The summed E-state index contributed by atoms with van der Waals surface area (Å²) in [4.78, 5) is -2.06. The van der Waals surface area contributed by atoms with Crippen molar-refractivity contribution in [1.29, 1.82) is 0 Å². The van der Waals surface area contributed by atoms with E-state index < -0.39 is 62.9 Å². The third-order valence-corrected chi connectivity index (χ3v) is 10.9. The molecule has 6 aromatic rings. The number of aromatic hydroxyl groups is 1. The van der Waals surface area contributed by atoms with Gasteiger partial charge in [-0.15, -0.1) is 15.3 Å². The molecule has 56 heavy (non-hydrogen) atoms. The van der Waals surface area contributed by atoms with Gasteiger partial charge in [0.15, 0.2) is 5.75 Å². The number of nitrogen functional groups attached to an aromatic ring is 3. The molecule has 0 amide bonds. The average molecular weight is 817 g/mol. The van der Waals surface area contributed by atoms with E-state index >= 15 is 0 Å². The Morgan fingerprint density at radius 1 is 0.554 bits per heavy atom. The molecule has 0 aromatic heterocycles. The van der Waals surface area contributed by atoms with Gasteiger partial charge >= 0.3 is 0 Å². The number of hydrogen-bond donors (Lipinski definition) is 7. The maximum absolute atomic E-state index is 13.1. The van der Waals surface area contributed by atoms with Crippen LogP contribution in [0.3, 0.4) is 0 Å². The number of sulfonamides is 1. The van der Waals surface area contributed by atoms with Crippen molar-refractivity contribution in [2.45, 2.75) is 14.7 Å². The van der Waals surface area contributed by atoms with Gasteiger partial charge < -0.3 is 22.3 Å². The van der Waals surface area contributed by atoms with Gasteiger partial charge in [0.25, 0.3) is 30.3 Å². The van der Waals surface area contributed by atoms with Crippen LogP contribution in [0.1, 0.15) is 0 Å². The monoisotopic (exact) mass is 816 g/mol. The fraction of sp³-hybridized carbons (Fsp3) is 0. The van der Waals surface area contributed by atoms with E-state index in [0.29, 0.717) is 22.7 Å². The van der Waals surface area contributed by atoms with Crippen LogP contribution in [0.2, 0.25) is 0 Å². The standard InChI is InChI=1S/C34H28N10O9S3/c35-20-6-15-27(26(36)18-20)41-38-22-7-9-24(10-8-22)44-54(46,47)25-13-11-23(12-14-25)40-42-32-28(55(48,49)50)16-19-17-29(56(51,52)53)33(34(45)30(19)31(32)37)43-39-21-4-2-1-3-5-21/h1-18,44-45H,35-37H2,(H,48,49,50)(H,51,52,53). The first-order chi connectivity index (χ1) is 26.4. The lowest BCUT2D eigenvalue weighted by Gasteiger charge is -2.14. The molecule has 0 aliphatic heterocycles. The smallest absolute Gasteiger partial charge is 0.296 e. The predicted molar refractivity (Wildman–Crippen MR) is 208 cm³/mol. The molecule has 19 nitrogen and oxygen atoms in total. The quantitative estimate of drug-likeness (QED) is 0.0373. The van der Waals surface area contributed by atoms with Crippen LogP contribution in [0, 0.1) is 0 Å². The second kappa shape index (κ2) is 15.1.